The van der Waals surface area contributed by atoms with Crippen LogP contribution < -0.4 is 5.32 Å². The Morgan fingerprint density at radius 2 is 1.95 bits per heavy atom. The van der Waals surface area contributed by atoms with Crippen LogP contribution in [-0.4, -0.2) is 16.3 Å². The van der Waals surface area contributed by atoms with Crippen molar-refractivity contribution >= 4 is 0 Å². The lowest BCUT2D eigenvalue weighted by Gasteiger charge is -2.29. The first kappa shape index (κ1) is 14.6. The third-order valence-electron chi connectivity index (χ3n) is 4.41. The SMILES string of the molecule is CCCNC(c1ccnn1C)C1CCCCCCC1. The summed E-state index contributed by atoms with van der Waals surface area (Å²) in [6, 6.07) is 2.68. The third-order valence-corrected chi connectivity index (χ3v) is 4.41. The molecular formula is C16H29N3. The van der Waals surface area contributed by atoms with Crippen molar-refractivity contribution in [2.75, 3.05) is 6.54 Å². The molecule has 108 valence electrons. The molecule has 1 saturated carbocycles. The molecule has 2 rings (SSSR count). The Morgan fingerprint density at radius 1 is 1.26 bits per heavy atom. The van der Waals surface area contributed by atoms with Crippen LogP contribution in [0, 0.1) is 5.92 Å². The molecule has 1 heterocycles. The van der Waals surface area contributed by atoms with E-state index in [4.69, 9.17) is 0 Å². The normalized spacial score (nSPS) is 19.9. The fourth-order valence-corrected chi connectivity index (χ4v) is 3.32. The molecule has 0 bridgehead atoms. The van der Waals surface area contributed by atoms with Gasteiger partial charge in [-0.3, -0.25) is 4.68 Å². The van der Waals surface area contributed by atoms with Crippen LogP contribution >= 0.6 is 0 Å². The molecular weight excluding hydrogens is 234 g/mol. The predicted octanol–water partition coefficient (Wildman–Crippen LogP) is 3.82. The van der Waals surface area contributed by atoms with Crippen molar-refractivity contribution < 1.29 is 0 Å². The van der Waals surface area contributed by atoms with Gasteiger partial charge in [0.15, 0.2) is 0 Å². The van der Waals surface area contributed by atoms with Gasteiger partial charge < -0.3 is 5.32 Å². The summed E-state index contributed by atoms with van der Waals surface area (Å²) in [6.07, 6.45) is 12.9. The molecule has 3 heteroatoms. The van der Waals surface area contributed by atoms with E-state index in [1.54, 1.807) is 0 Å². The van der Waals surface area contributed by atoms with Crippen LogP contribution in [0.5, 0.6) is 0 Å². The van der Waals surface area contributed by atoms with E-state index in [9.17, 15) is 0 Å². The van der Waals surface area contributed by atoms with Crippen LogP contribution in [0.1, 0.15) is 70.0 Å². The Morgan fingerprint density at radius 3 is 2.53 bits per heavy atom. The van der Waals surface area contributed by atoms with Gasteiger partial charge in [-0.2, -0.15) is 5.10 Å². The smallest absolute Gasteiger partial charge is 0.0553 e. The molecule has 0 amide bonds. The minimum absolute atomic E-state index is 0.491. The van der Waals surface area contributed by atoms with Crippen molar-refractivity contribution in [3.8, 4) is 0 Å². The Labute approximate surface area is 117 Å². The largest absolute Gasteiger partial charge is 0.308 e. The fourth-order valence-electron chi connectivity index (χ4n) is 3.32. The summed E-state index contributed by atoms with van der Waals surface area (Å²) in [4.78, 5) is 0. The molecule has 0 aliphatic heterocycles. The summed E-state index contributed by atoms with van der Waals surface area (Å²) in [7, 11) is 2.07. The van der Waals surface area contributed by atoms with E-state index in [1.165, 1.54) is 57.1 Å². The molecule has 1 aromatic rings. The number of nitrogens with one attached hydrogen (secondary N) is 1. The number of rotatable bonds is 5. The van der Waals surface area contributed by atoms with Crippen molar-refractivity contribution in [1.82, 2.24) is 15.1 Å². The van der Waals surface area contributed by atoms with Crippen LogP contribution in [0.2, 0.25) is 0 Å². The molecule has 1 aliphatic carbocycles. The van der Waals surface area contributed by atoms with E-state index in [-0.39, 0.29) is 0 Å². The van der Waals surface area contributed by atoms with Gasteiger partial charge in [-0.1, -0.05) is 39.0 Å². The highest BCUT2D eigenvalue weighted by Crippen LogP contribution is 2.32. The molecule has 1 aliphatic rings. The highest BCUT2D eigenvalue weighted by molar-refractivity contribution is 5.08. The Bertz CT molecular complexity index is 351. The number of aryl methyl sites for hydroxylation is 1. The lowest BCUT2D eigenvalue weighted by molar-refractivity contribution is 0.279. The molecule has 0 aromatic carbocycles. The highest BCUT2D eigenvalue weighted by Gasteiger charge is 2.25. The summed E-state index contributed by atoms with van der Waals surface area (Å²) in [5.41, 5.74) is 1.36. The minimum Gasteiger partial charge on any atom is -0.308 e. The Kier molecular flexibility index (Phi) is 5.90. The van der Waals surface area contributed by atoms with Crippen LogP contribution in [0.25, 0.3) is 0 Å². The van der Waals surface area contributed by atoms with Crippen LogP contribution in [0.3, 0.4) is 0 Å². The van der Waals surface area contributed by atoms with Gasteiger partial charge in [0.05, 0.1) is 11.7 Å². The van der Waals surface area contributed by atoms with E-state index in [0.29, 0.717) is 6.04 Å². The summed E-state index contributed by atoms with van der Waals surface area (Å²) >= 11 is 0. The zero-order valence-corrected chi connectivity index (χ0v) is 12.6. The van der Waals surface area contributed by atoms with E-state index >= 15 is 0 Å². The molecule has 1 N–H and O–H groups in total. The van der Waals surface area contributed by atoms with Gasteiger partial charge in [-0.15, -0.1) is 0 Å². The molecule has 1 atom stereocenters. The quantitative estimate of drug-likeness (QED) is 0.875. The average molecular weight is 263 g/mol. The van der Waals surface area contributed by atoms with Crippen molar-refractivity contribution in [3.63, 3.8) is 0 Å². The molecule has 3 nitrogen and oxygen atoms in total. The average Bonchev–Trinajstić information content (AvgIpc) is 2.78. The van der Waals surface area contributed by atoms with Crippen LogP contribution in [0.15, 0.2) is 12.3 Å². The summed E-state index contributed by atoms with van der Waals surface area (Å²) in [6.45, 7) is 3.35. The molecule has 1 unspecified atom stereocenters. The molecule has 0 spiro atoms. The Hall–Kier alpha value is -0.830. The monoisotopic (exact) mass is 263 g/mol. The van der Waals surface area contributed by atoms with Crippen LogP contribution in [0.4, 0.5) is 0 Å². The van der Waals surface area contributed by atoms with Gasteiger partial charge in [0.1, 0.15) is 0 Å². The lowest BCUT2D eigenvalue weighted by atomic mass is 9.84. The van der Waals surface area contributed by atoms with Crippen molar-refractivity contribution in [2.24, 2.45) is 13.0 Å². The molecule has 1 fully saturated rings. The molecule has 0 radical (unpaired) electrons. The third kappa shape index (κ3) is 4.07. The van der Waals surface area contributed by atoms with E-state index in [1.807, 2.05) is 10.9 Å². The molecule has 0 saturated heterocycles. The standard InChI is InChI=1S/C16H29N3/c1-3-12-17-16(15-11-13-18-19(15)2)14-9-7-5-4-6-8-10-14/h11,13-14,16-17H,3-10,12H2,1-2H3. The first-order valence-corrected chi connectivity index (χ1v) is 8.04. The maximum Gasteiger partial charge on any atom is 0.0553 e. The number of hydrogen-bond donors (Lipinski definition) is 1. The topological polar surface area (TPSA) is 29.9 Å². The van der Waals surface area contributed by atoms with Crippen LogP contribution in [-0.2, 0) is 7.05 Å². The first-order valence-electron chi connectivity index (χ1n) is 8.04. The van der Waals surface area contributed by atoms with E-state index in [0.717, 1.165) is 12.5 Å². The first-order chi connectivity index (χ1) is 9.33. The maximum atomic E-state index is 4.36. The highest BCUT2D eigenvalue weighted by atomic mass is 15.3. The van der Waals surface area contributed by atoms with E-state index < -0.39 is 0 Å². The summed E-state index contributed by atoms with van der Waals surface area (Å²) < 4.78 is 2.05. The van der Waals surface area contributed by atoms with Gasteiger partial charge in [-0.05, 0) is 37.8 Å². The maximum absolute atomic E-state index is 4.36. The predicted molar refractivity (Wildman–Crippen MR) is 80.1 cm³/mol. The number of nitrogens with zero attached hydrogens (tertiary/aromatic N) is 2. The van der Waals surface area contributed by atoms with Crippen molar-refractivity contribution in [3.05, 3.63) is 18.0 Å². The minimum atomic E-state index is 0.491. The second-order valence-corrected chi connectivity index (χ2v) is 5.92. The van der Waals surface area contributed by atoms with Gasteiger partial charge in [0, 0.05) is 13.2 Å². The zero-order valence-electron chi connectivity index (χ0n) is 12.6. The van der Waals surface area contributed by atoms with Crippen molar-refractivity contribution in [1.29, 1.82) is 0 Å². The lowest BCUT2D eigenvalue weighted by Crippen LogP contribution is -2.31. The molecule has 1 aromatic heterocycles. The zero-order chi connectivity index (χ0) is 13.5. The van der Waals surface area contributed by atoms with Gasteiger partial charge in [-0.25, -0.2) is 0 Å². The number of aromatic nitrogens is 2. The van der Waals surface area contributed by atoms with Crippen molar-refractivity contribution in [2.45, 2.75) is 64.3 Å². The summed E-state index contributed by atoms with van der Waals surface area (Å²) in [5, 5.41) is 8.13. The van der Waals surface area contributed by atoms with E-state index in [2.05, 4.69) is 30.5 Å². The van der Waals surface area contributed by atoms with Gasteiger partial charge in [0.25, 0.3) is 0 Å². The van der Waals surface area contributed by atoms with Gasteiger partial charge >= 0.3 is 0 Å². The second-order valence-electron chi connectivity index (χ2n) is 5.92. The second kappa shape index (κ2) is 7.68. The number of hydrogen-bond acceptors (Lipinski definition) is 2. The molecule has 19 heavy (non-hydrogen) atoms. The fraction of sp³-hybridized carbons (Fsp3) is 0.812. The van der Waals surface area contributed by atoms with Gasteiger partial charge in [0.2, 0.25) is 0 Å². The summed E-state index contributed by atoms with van der Waals surface area (Å²) in [5.74, 6) is 0.780. The Balaban J connectivity index is 2.08.